The number of sulfonamides is 1. The Morgan fingerprint density at radius 1 is 1.21 bits per heavy atom. The molecule has 1 fully saturated rings. The van der Waals surface area contributed by atoms with E-state index in [0.29, 0.717) is 18.8 Å². The third-order valence-corrected chi connectivity index (χ3v) is 6.68. The van der Waals surface area contributed by atoms with Crippen LogP contribution in [0.25, 0.3) is 0 Å². The highest BCUT2D eigenvalue weighted by atomic mass is 32.2. The smallest absolute Gasteiger partial charge is 0.322 e. The lowest BCUT2D eigenvalue weighted by molar-refractivity contribution is -0.141. The number of carbonyl (C=O) groups is 1. The van der Waals surface area contributed by atoms with Crippen LogP contribution in [0.15, 0.2) is 29.2 Å². The van der Waals surface area contributed by atoms with Crippen molar-refractivity contribution in [1.29, 1.82) is 0 Å². The zero-order valence-electron chi connectivity index (χ0n) is 16.8. The minimum absolute atomic E-state index is 0.0527. The van der Waals surface area contributed by atoms with Crippen molar-refractivity contribution in [2.24, 2.45) is 0 Å². The summed E-state index contributed by atoms with van der Waals surface area (Å²) < 4.78 is 32.8. The van der Waals surface area contributed by atoms with Gasteiger partial charge in [0.2, 0.25) is 10.0 Å². The van der Waals surface area contributed by atoms with Crippen LogP contribution >= 0.6 is 0 Å². The molecule has 1 aromatic rings. The third kappa shape index (κ3) is 5.25. The lowest BCUT2D eigenvalue weighted by atomic mass is 10.1. The quantitative estimate of drug-likeness (QED) is 0.751. The second-order valence-electron chi connectivity index (χ2n) is 7.60. The highest BCUT2D eigenvalue weighted by Gasteiger charge is 2.39. The summed E-state index contributed by atoms with van der Waals surface area (Å²) in [6, 6.07) is 4.90. The highest BCUT2D eigenvalue weighted by molar-refractivity contribution is 7.89. The van der Waals surface area contributed by atoms with E-state index in [4.69, 9.17) is 4.74 Å². The number of carboxylic acid groups (broad SMARTS) is 1. The van der Waals surface area contributed by atoms with Gasteiger partial charge < -0.3 is 9.84 Å². The van der Waals surface area contributed by atoms with Gasteiger partial charge in [-0.05, 0) is 58.4 Å². The number of hydrogen-bond acceptors (Lipinski definition) is 5. The minimum atomic E-state index is -3.95. The number of nitrogens with zero attached hydrogens (tertiary/aromatic N) is 2. The van der Waals surface area contributed by atoms with Gasteiger partial charge in [-0.2, -0.15) is 4.31 Å². The largest absolute Gasteiger partial charge is 0.481 e. The number of rotatable bonds is 5. The molecule has 0 amide bonds. The molecule has 28 heavy (non-hydrogen) atoms. The van der Waals surface area contributed by atoms with E-state index >= 15 is 0 Å². The lowest BCUT2D eigenvalue weighted by Gasteiger charge is -2.34. The van der Waals surface area contributed by atoms with Crippen LogP contribution in [0.5, 0.6) is 5.75 Å². The fraction of sp³-hybridized carbons (Fsp3) is 0.550. The van der Waals surface area contributed by atoms with Gasteiger partial charge in [-0.1, -0.05) is 5.92 Å². The van der Waals surface area contributed by atoms with Gasteiger partial charge in [0.25, 0.3) is 0 Å². The van der Waals surface area contributed by atoms with Crippen molar-refractivity contribution in [3.8, 4) is 17.6 Å². The molecule has 7 nitrogen and oxygen atoms in total. The van der Waals surface area contributed by atoms with Crippen molar-refractivity contribution in [2.45, 2.75) is 50.6 Å². The first-order valence-corrected chi connectivity index (χ1v) is 10.6. The van der Waals surface area contributed by atoms with E-state index in [0.717, 1.165) is 4.31 Å². The molecule has 0 saturated carbocycles. The molecule has 0 bridgehead atoms. The van der Waals surface area contributed by atoms with Gasteiger partial charge in [-0.25, -0.2) is 8.42 Å². The summed E-state index contributed by atoms with van der Waals surface area (Å²) in [6.07, 6.45) is 0.239. The van der Waals surface area contributed by atoms with Gasteiger partial charge in [-0.3, -0.25) is 9.69 Å². The predicted molar refractivity (Wildman–Crippen MR) is 107 cm³/mol. The van der Waals surface area contributed by atoms with Gasteiger partial charge in [0, 0.05) is 25.2 Å². The molecule has 154 valence electrons. The van der Waals surface area contributed by atoms with Gasteiger partial charge in [0.1, 0.15) is 18.4 Å². The minimum Gasteiger partial charge on any atom is -0.481 e. The Hall–Kier alpha value is -2.08. The van der Waals surface area contributed by atoms with E-state index in [1.807, 2.05) is 20.8 Å². The topological polar surface area (TPSA) is 87.2 Å². The van der Waals surface area contributed by atoms with Crippen LogP contribution in [-0.4, -0.2) is 66.5 Å². The maximum Gasteiger partial charge on any atom is 0.322 e. The molecule has 0 spiro atoms. The van der Waals surface area contributed by atoms with Gasteiger partial charge in [0.15, 0.2) is 0 Å². The molecule has 1 aliphatic rings. The SMILES string of the molecule is CC#CCOc1ccc(S(=O)(=O)N2CCN(C(C)(C)C)CCC2C(=O)O)cc1. The summed E-state index contributed by atoms with van der Waals surface area (Å²) in [7, 11) is -3.95. The molecule has 1 saturated heterocycles. The summed E-state index contributed by atoms with van der Waals surface area (Å²) in [4.78, 5) is 14.0. The van der Waals surface area contributed by atoms with E-state index < -0.39 is 22.0 Å². The fourth-order valence-electron chi connectivity index (χ4n) is 3.15. The molecule has 1 aliphatic heterocycles. The first-order valence-electron chi connectivity index (χ1n) is 9.19. The normalized spacial score (nSPS) is 19.4. The van der Waals surface area contributed by atoms with E-state index in [1.54, 1.807) is 19.1 Å². The van der Waals surface area contributed by atoms with E-state index in [9.17, 15) is 18.3 Å². The van der Waals surface area contributed by atoms with Crippen molar-refractivity contribution in [2.75, 3.05) is 26.2 Å². The van der Waals surface area contributed by atoms with E-state index in [2.05, 4.69) is 16.7 Å². The van der Waals surface area contributed by atoms with Crippen molar-refractivity contribution >= 4 is 16.0 Å². The molecular formula is C20H28N2O5S. The molecule has 0 aromatic heterocycles. The molecule has 8 heteroatoms. The van der Waals surface area contributed by atoms with E-state index in [-0.39, 0.29) is 30.0 Å². The molecule has 1 heterocycles. The van der Waals surface area contributed by atoms with Crippen LogP contribution in [0.3, 0.4) is 0 Å². The second-order valence-corrected chi connectivity index (χ2v) is 9.49. The molecule has 1 atom stereocenters. The van der Waals surface area contributed by atoms with Crippen molar-refractivity contribution in [3.63, 3.8) is 0 Å². The summed E-state index contributed by atoms with van der Waals surface area (Å²) >= 11 is 0. The van der Waals surface area contributed by atoms with Crippen molar-refractivity contribution in [1.82, 2.24) is 9.21 Å². The zero-order chi connectivity index (χ0) is 20.9. The molecular weight excluding hydrogens is 380 g/mol. The summed E-state index contributed by atoms with van der Waals surface area (Å²) in [5.41, 5.74) is -0.163. The fourth-order valence-corrected chi connectivity index (χ4v) is 4.75. The van der Waals surface area contributed by atoms with Crippen LogP contribution in [0, 0.1) is 11.8 Å². The summed E-state index contributed by atoms with van der Waals surface area (Å²) in [5.74, 6) is 4.86. The van der Waals surface area contributed by atoms with Crippen LogP contribution in [0.1, 0.15) is 34.1 Å². The number of ether oxygens (including phenoxy) is 1. The standard InChI is InChI=1S/C20H28N2O5S/c1-5-6-15-27-16-7-9-17(10-8-16)28(25,26)22-14-13-21(20(2,3)4)12-11-18(22)19(23)24/h7-10,18H,11-15H2,1-4H3,(H,23,24). The molecule has 1 aromatic carbocycles. The highest BCUT2D eigenvalue weighted by Crippen LogP contribution is 2.26. The van der Waals surface area contributed by atoms with E-state index in [1.165, 1.54) is 12.1 Å². The van der Waals surface area contributed by atoms with Crippen LogP contribution in [0.2, 0.25) is 0 Å². The Balaban J connectivity index is 2.27. The molecule has 2 rings (SSSR count). The predicted octanol–water partition coefficient (Wildman–Crippen LogP) is 2.04. The third-order valence-electron chi connectivity index (χ3n) is 4.76. The monoisotopic (exact) mass is 408 g/mol. The number of benzene rings is 1. The van der Waals surface area contributed by atoms with Crippen LogP contribution in [0.4, 0.5) is 0 Å². The number of carboxylic acids is 1. The number of aliphatic carboxylic acids is 1. The second kappa shape index (κ2) is 8.95. The van der Waals surface area contributed by atoms with Crippen LogP contribution in [-0.2, 0) is 14.8 Å². The Kier molecular flexibility index (Phi) is 7.10. The van der Waals surface area contributed by atoms with Gasteiger partial charge in [-0.15, -0.1) is 5.92 Å². The average molecular weight is 409 g/mol. The maximum absolute atomic E-state index is 13.2. The maximum atomic E-state index is 13.2. The molecule has 1 N–H and O–H groups in total. The molecule has 0 aliphatic carbocycles. The zero-order valence-corrected chi connectivity index (χ0v) is 17.6. The van der Waals surface area contributed by atoms with Gasteiger partial charge in [0.05, 0.1) is 4.90 Å². The van der Waals surface area contributed by atoms with Crippen molar-refractivity contribution in [3.05, 3.63) is 24.3 Å². The van der Waals surface area contributed by atoms with Gasteiger partial charge >= 0.3 is 5.97 Å². The Morgan fingerprint density at radius 3 is 2.39 bits per heavy atom. The van der Waals surface area contributed by atoms with Crippen LogP contribution < -0.4 is 4.74 Å². The Morgan fingerprint density at radius 2 is 1.86 bits per heavy atom. The number of hydrogen-bond donors (Lipinski definition) is 1. The lowest BCUT2D eigenvalue weighted by Crippen LogP contribution is -2.46. The average Bonchev–Trinajstić information content (AvgIpc) is 2.86. The molecule has 1 unspecified atom stereocenters. The summed E-state index contributed by atoms with van der Waals surface area (Å²) in [5, 5.41) is 9.64. The Bertz CT molecular complexity index is 847. The first-order chi connectivity index (χ1) is 13.1. The Labute approximate surface area is 167 Å². The first kappa shape index (κ1) is 22.2. The summed E-state index contributed by atoms with van der Waals surface area (Å²) in [6.45, 7) is 9.16. The van der Waals surface area contributed by atoms with Crippen molar-refractivity contribution < 1.29 is 23.1 Å². The molecule has 0 radical (unpaired) electrons.